The summed E-state index contributed by atoms with van der Waals surface area (Å²) < 4.78 is 15.3. The van der Waals surface area contributed by atoms with Crippen LogP contribution in [0.2, 0.25) is 0 Å². The van der Waals surface area contributed by atoms with Crippen LogP contribution in [0, 0.1) is 0 Å². The van der Waals surface area contributed by atoms with Crippen LogP contribution in [0.25, 0.3) is 0 Å². The van der Waals surface area contributed by atoms with E-state index in [1.165, 1.54) is 31.3 Å². The number of amides is 1. The van der Waals surface area contributed by atoms with Crippen molar-refractivity contribution in [3.8, 4) is 11.5 Å². The number of fused-ring (bicyclic) bond motifs is 1. The molecular formula is C20H22N2O7S. The molecule has 2 unspecified atom stereocenters. The number of rotatable bonds is 5. The van der Waals surface area contributed by atoms with Crippen LogP contribution < -0.4 is 10.5 Å². The fourth-order valence-electron chi connectivity index (χ4n) is 3.45. The Kier molecular flexibility index (Phi) is 5.97. The van der Waals surface area contributed by atoms with Crippen LogP contribution in [0.3, 0.4) is 0 Å². The normalized spacial score (nSPS) is 20.9. The first-order valence-electron chi connectivity index (χ1n) is 9.13. The maximum Gasteiger partial charge on any atom is 0.338 e. The number of ether oxygens (including phenoxy) is 3. The summed E-state index contributed by atoms with van der Waals surface area (Å²) in [7, 11) is 2.59. The number of nitrogens with two attached hydrogens (primary N) is 1. The van der Waals surface area contributed by atoms with Crippen LogP contribution in [-0.2, 0) is 23.9 Å². The molecule has 2 heterocycles. The van der Waals surface area contributed by atoms with Crippen molar-refractivity contribution in [1.82, 2.24) is 4.90 Å². The minimum atomic E-state index is -0.983. The SMILES string of the molecule is CCOC(=O)C1=C(N)N2C(=O)C(C)SC2=C(C(=O)OC)C1c1ccc(O)c(OC)c1. The second kappa shape index (κ2) is 8.31. The van der Waals surface area contributed by atoms with Gasteiger partial charge in [-0.25, -0.2) is 9.59 Å². The number of aromatic hydroxyl groups is 1. The minimum absolute atomic E-state index is 0.0585. The van der Waals surface area contributed by atoms with Gasteiger partial charge in [0.25, 0.3) is 0 Å². The molecule has 0 aliphatic carbocycles. The minimum Gasteiger partial charge on any atom is -0.504 e. The average Bonchev–Trinajstić information content (AvgIpc) is 3.02. The Balaban J connectivity index is 2.33. The quantitative estimate of drug-likeness (QED) is 0.664. The summed E-state index contributed by atoms with van der Waals surface area (Å²) in [5, 5.41) is 9.77. The lowest BCUT2D eigenvalue weighted by molar-refractivity contribution is -0.139. The highest BCUT2D eigenvalue weighted by molar-refractivity contribution is 8.04. The molecule has 3 rings (SSSR count). The van der Waals surface area contributed by atoms with Gasteiger partial charge in [-0.15, -0.1) is 0 Å². The molecule has 1 fully saturated rings. The lowest BCUT2D eigenvalue weighted by Gasteiger charge is -2.33. The third-order valence-corrected chi connectivity index (χ3v) is 6.00. The van der Waals surface area contributed by atoms with Gasteiger partial charge in [0.1, 0.15) is 5.82 Å². The molecule has 1 aromatic rings. The van der Waals surface area contributed by atoms with E-state index in [1.807, 2.05) is 0 Å². The number of hydrogen-bond acceptors (Lipinski definition) is 9. The van der Waals surface area contributed by atoms with Gasteiger partial charge in [0.15, 0.2) is 11.5 Å². The van der Waals surface area contributed by atoms with Gasteiger partial charge in [-0.1, -0.05) is 17.8 Å². The summed E-state index contributed by atoms with van der Waals surface area (Å²) in [5.41, 5.74) is 6.75. The number of methoxy groups -OCH3 is 2. The number of carbonyl (C=O) groups excluding carboxylic acids is 3. The molecule has 30 heavy (non-hydrogen) atoms. The fourth-order valence-corrected chi connectivity index (χ4v) is 4.62. The van der Waals surface area contributed by atoms with E-state index in [1.54, 1.807) is 19.9 Å². The summed E-state index contributed by atoms with van der Waals surface area (Å²) in [6.45, 7) is 3.39. The average molecular weight is 434 g/mol. The molecule has 2 aliphatic heterocycles. The van der Waals surface area contributed by atoms with Crippen molar-refractivity contribution in [2.45, 2.75) is 25.0 Å². The summed E-state index contributed by atoms with van der Waals surface area (Å²) >= 11 is 1.16. The summed E-state index contributed by atoms with van der Waals surface area (Å²) in [6, 6.07) is 4.42. The van der Waals surface area contributed by atoms with Crippen molar-refractivity contribution in [3.63, 3.8) is 0 Å². The molecule has 160 valence electrons. The van der Waals surface area contributed by atoms with E-state index >= 15 is 0 Å². The van der Waals surface area contributed by atoms with E-state index in [-0.39, 0.29) is 41.0 Å². The number of thioether (sulfide) groups is 1. The van der Waals surface area contributed by atoms with Gasteiger partial charge in [-0.3, -0.25) is 9.69 Å². The van der Waals surface area contributed by atoms with Crippen molar-refractivity contribution in [2.24, 2.45) is 5.73 Å². The van der Waals surface area contributed by atoms with E-state index in [4.69, 9.17) is 19.9 Å². The zero-order valence-electron chi connectivity index (χ0n) is 16.9. The first-order valence-corrected chi connectivity index (χ1v) is 10.0. The van der Waals surface area contributed by atoms with Crippen molar-refractivity contribution in [2.75, 3.05) is 20.8 Å². The van der Waals surface area contributed by atoms with E-state index in [0.29, 0.717) is 10.6 Å². The summed E-state index contributed by atoms with van der Waals surface area (Å²) in [6.07, 6.45) is 0. The second-order valence-corrected chi connectivity index (χ2v) is 7.86. The molecule has 0 radical (unpaired) electrons. The number of esters is 2. The Morgan fingerprint density at radius 3 is 2.53 bits per heavy atom. The molecule has 1 aromatic carbocycles. The molecule has 0 bridgehead atoms. The molecular weight excluding hydrogens is 412 g/mol. The van der Waals surface area contributed by atoms with Crippen LogP contribution in [0.15, 0.2) is 40.2 Å². The molecule has 9 nitrogen and oxygen atoms in total. The van der Waals surface area contributed by atoms with Gasteiger partial charge in [-0.2, -0.15) is 0 Å². The molecule has 2 atom stereocenters. The van der Waals surface area contributed by atoms with Crippen LogP contribution in [0.1, 0.15) is 25.3 Å². The second-order valence-electron chi connectivity index (χ2n) is 6.53. The summed E-state index contributed by atoms with van der Waals surface area (Å²) in [4.78, 5) is 39.6. The predicted molar refractivity (Wildman–Crippen MR) is 108 cm³/mol. The number of benzene rings is 1. The molecule has 10 heteroatoms. The van der Waals surface area contributed by atoms with Crippen LogP contribution in [0.5, 0.6) is 11.5 Å². The standard InChI is InChI=1S/C20H22N2O7S/c1-5-29-20(26)14-13(10-6-7-11(23)12(8-10)27-3)15(19(25)28-4)18-22(16(14)21)17(24)9(2)30-18/h6-9,13,23H,5,21H2,1-4H3. The first-order chi connectivity index (χ1) is 14.3. The van der Waals surface area contributed by atoms with Gasteiger partial charge >= 0.3 is 11.9 Å². The topological polar surface area (TPSA) is 128 Å². The van der Waals surface area contributed by atoms with Crippen molar-refractivity contribution < 1.29 is 33.7 Å². The van der Waals surface area contributed by atoms with Gasteiger partial charge in [0, 0.05) is 0 Å². The van der Waals surface area contributed by atoms with Crippen molar-refractivity contribution >= 4 is 29.6 Å². The van der Waals surface area contributed by atoms with Crippen molar-refractivity contribution in [3.05, 3.63) is 45.8 Å². The van der Waals surface area contributed by atoms with Crippen LogP contribution in [-0.4, -0.2) is 53.9 Å². The first kappa shape index (κ1) is 21.6. The molecule has 0 saturated carbocycles. The highest BCUT2D eigenvalue weighted by Gasteiger charge is 2.49. The zero-order valence-corrected chi connectivity index (χ0v) is 17.7. The molecule has 1 amide bonds. The number of hydrogen-bond donors (Lipinski definition) is 2. The van der Waals surface area contributed by atoms with Crippen molar-refractivity contribution in [1.29, 1.82) is 0 Å². The van der Waals surface area contributed by atoms with E-state index in [0.717, 1.165) is 11.8 Å². The molecule has 0 aromatic heterocycles. The van der Waals surface area contributed by atoms with E-state index < -0.39 is 23.1 Å². The predicted octanol–water partition coefficient (Wildman–Crippen LogP) is 1.58. The third-order valence-electron chi connectivity index (χ3n) is 4.82. The van der Waals surface area contributed by atoms with Gasteiger partial charge in [-0.05, 0) is 31.5 Å². The zero-order chi connectivity index (χ0) is 22.2. The molecule has 0 spiro atoms. The molecule has 3 N–H and O–H groups in total. The van der Waals surface area contributed by atoms with Gasteiger partial charge in [0.2, 0.25) is 5.91 Å². The lowest BCUT2D eigenvalue weighted by Crippen LogP contribution is -2.40. The highest BCUT2D eigenvalue weighted by atomic mass is 32.2. The molecule has 2 aliphatic rings. The highest BCUT2D eigenvalue weighted by Crippen LogP contribution is 2.50. The number of carbonyl (C=O) groups is 3. The van der Waals surface area contributed by atoms with Gasteiger partial charge in [0.05, 0.1) is 48.2 Å². The van der Waals surface area contributed by atoms with E-state index in [9.17, 15) is 19.5 Å². The van der Waals surface area contributed by atoms with Crippen LogP contribution >= 0.6 is 11.8 Å². The fraction of sp³-hybridized carbons (Fsp3) is 0.350. The maximum absolute atomic E-state index is 12.9. The monoisotopic (exact) mass is 434 g/mol. The Morgan fingerprint density at radius 2 is 1.93 bits per heavy atom. The number of phenols is 1. The third kappa shape index (κ3) is 3.36. The van der Waals surface area contributed by atoms with Crippen LogP contribution in [0.4, 0.5) is 0 Å². The lowest BCUT2D eigenvalue weighted by atomic mass is 9.82. The van der Waals surface area contributed by atoms with E-state index in [2.05, 4.69) is 0 Å². The Labute approximate surface area is 177 Å². The smallest absolute Gasteiger partial charge is 0.338 e. The Morgan fingerprint density at radius 1 is 1.23 bits per heavy atom. The Hall–Kier alpha value is -3.14. The molecule has 1 saturated heterocycles. The number of phenolic OH excluding ortho intramolecular Hbond substituents is 1. The number of nitrogens with zero attached hydrogens (tertiary/aromatic N) is 1. The maximum atomic E-state index is 12.9. The Bertz CT molecular complexity index is 985. The van der Waals surface area contributed by atoms with Gasteiger partial charge < -0.3 is 25.1 Å². The largest absolute Gasteiger partial charge is 0.504 e. The summed E-state index contributed by atoms with van der Waals surface area (Å²) in [5.74, 6) is -2.87.